The number of hydrogen-bond donors (Lipinski definition) is 1. The Labute approximate surface area is 195 Å². The molecule has 32 heavy (non-hydrogen) atoms. The molecule has 1 aliphatic carbocycles. The number of hydrogen-bond acceptors (Lipinski definition) is 8. The Kier molecular flexibility index (Phi) is 7.71. The van der Waals surface area contributed by atoms with Crippen molar-refractivity contribution < 1.29 is 4.74 Å². The molecule has 0 unspecified atom stereocenters. The lowest BCUT2D eigenvalue weighted by Gasteiger charge is -2.40. The molecular formula is C23H37N7OS. The summed E-state index contributed by atoms with van der Waals surface area (Å²) in [6.07, 6.45) is 9.12. The van der Waals surface area contributed by atoms with E-state index < -0.39 is 0 Å². The van der Waals surface area contributed by atoms with Crippen molar-refractivity contribution >= 4 is 16.5 Å². The van der Waals surface area contributed by atoms with E-state index >= 15 is 0 Å². The van der Waals surface area contributed by atoms with Gasteiger partial charge in [0, 0.05) is 76.8 Å². The zero-order valence-corrected chi connectivity index (χ0v) is 19.9. The summed E-state index contributed by atoms with van der Waals surface area (Å²) < 4.78 is 7.61. The van der Waals surface area contributed by atoms with Crippen molar-refractivity contribution in [2.24, 2.45) is 0 Å². The second-order valence-corrected chi connectivity index (χ2v) is 10.1. The van der Waals surface area contributed by atoms with E-state index in [0.29, 0.717) is 0 Å². The molecule has 9 heteroatoms. The van der Waals surface area contributed by atoms with Crippen molar-refractivity contribution in [3.8, 4) is 5.13 Å². The summed E-state index contributed by atoms with van der Waals surface area (Å²) in [5.41, 5.74) is 1.23. The minimum absolute atomic E-state index is 0.814. The molecule has 3 fully saturated rings. The average Bonchev–Trinajstić information content (AvgIpc) is 3.53. The zero-order valence-electron chi connectivity index (χ0n) is 19.1. The van der Waals surface area contributed by atoms with Gasteiger partial charge in [0.15, 0.2) is 0 Å². The van der Waals surface area contributed by atoms with Crippen LogP contribution in [0.15, 0.2) is 18.3 Å². The second kappa shape index (κ2) is 11.1. The highest BCUT2D eigenvalue weighted by molar-refractivity contribution is 7.17. The number of nitrogens with zero attached hydrogens (tertiary/aromatic N) is 6. The molecule has 1 saturated carbocycles. The Morgan fingerprint density at radius 1 is 0.969 bits per heavy atom. The van der Waals surface area contributed by atoms with Gasteiger partial charge in [0.25, 0.3) is 0 Å². The number of rotatable bonds is 8. The lowest BCUT2D eigenvalue weighted by Crippen LogP contribution is -2.50. The molecule has 5 rings (SSSR count). The van der Waals surface area contributed by atoms with Gasteiger partial charge in [0.05, 0.1) is 13.2 Å². The molecule has 2 aliphatic heterocycles. The van der Waals surface area contributed by atoms with Crippen molar-refractivity contribution in [1.82, 2.24) is 29.9 Å². The van der Waals surface area contributed by atoms with Gasteiger partial charge in [-0.25, -0.2) is 0 Å². The van der Waals surface area contributed by atoms with Gasteiger partial charge in [-0.2, -0.15) is 0 Å². The van der Waals surface area contributed by atoms with E-state index in [4.69, 9.17) is 4.74 Å². The average molecular weight is 460 g/mol. The van der Waals surface area contributed by atoms with Crippen molar-refractivity contribution in [3.05, 3.63) is 24.0 Å². The minimum Gasteiger partial charge on any atom is -0.379 e. The van der Waals surface area contributed by atoms with Crippen molar-refractivity contribution in [3.63, 3.8) is 0 Å². The van der Waals surface area contributed by atoms with Gasteiger partial charge in [0.1, 0.15) is 0 Å². The van der Waals surface area contributed by atoms with Gasteiger partial charge in [0.2, 0.25) is 10.3 Å². The van der Waals surface area contributed by atoms with E-state index in [9.17, 15) is 0 Å². The Bertz CT molecular complexity index is 820. The molecule has 0 bridgehead atoms. The molecule has 1 N–H and O–H groups in total. The quantitative estimate of drug-likeness (QED) is 0.607. The molecule has 0 amide bonds. The summed E-state index contributed by atoms with van der Waals surface area (Å²) in [5.74, 6) is 0. The van der Waals surface area contributed by atoms with E-state index in [0.717, 1.165) is 88.4 Å². The molecule has 8 nitrogen and oxygen atoms in total. The Morgan fingerprint density at radius 2 is 1.75 bits per heavy atom. The largest absolute Gasteiger partial charge is 0.379 e. The van der Waals surface area contributed by atoms with E-state index in [1.807, 2.05) is 0 Å². The van der Waals surface area contributed by atoms with Gasteiger partial charge < -0.3 is 15.0 Å². The summed E-state index contributed by atoms with van der Waals surface area (Å²) >= 11 is 1.71. The third-order valence-corrected chi connectivity index (χ3v) is 8.12. The molecule has 0 radical (unpaired) electrons. The fourth-order valence-electron chi connectivity index (χ4n) is 5.18. The number of ether oxygens (including phenoxy) is 1. The number of piperazine rings is 1. The molecule has 2 aromatic rings. The maximum atomic E-state index is 5.43. The summed E-state index contributed by atoms with van der Waals surface area (Å²) in [5, 5.41) is 14.7. The van der Waals surface area contributed by atoms with Gasteiger partial charge in [-0.15, -0.1) is 10.2 Å². The predicted molar refractivity (Wildman–Crippen MR) is 129 cm³/mol. The van der Waals surface area contributed by atoms with Crippen LogP contribution in [0.1, 0.15) is 37.8 Å². The highest BCUT2D eigenvalue weighted by Crippen LogP contribution is 2.28. The molecule has 3 aliphatic rings. The fourth-order valence-corrected chi connectivity index (χ4v) is 6.10. The summed E-state index contributed by atoms with van der Waals surface area (Å²) in [7, 11) is 0. The zero-order chi connectivity index (χ0) is 21.6. The highest BCUT2D eigenvalue weighted by Gasteiger charge is 2.26. The van der Waals surface area contributed by atoms with Crippen LogP contribution in [0.25, 0.3) is 5.13 Å². The predicted octanol–water partition coefficient (Wildman–Crippen LogP) is 2.21. The van der Waals surface area contributed by atoms with Crippen LogP contribution in [-0.4, -0.2) is 96.2 Å². The molecule has 0 atom stereocenters. The van der Waals surface area contributed by atoms with Gasteiger partial charge in [-0.3, -0.25) is 14.4 Å². The molecule has 176 valence electrons. The number of nitrogens with one attached hydrogen (secondary N) is 1. The summed E-state index contributed by atoms with van der Waals surface area (Å²) in [4.78, 5) is 7.59. The highest BCUT2D eigenvalue weighted by atomic mass is 32.1. The SMILES string of the molecule is c1cc(CNCCN2CCOCC2)n(-c2nnc(N3CCN(C4CCCCC4)CC3)s2)c1. The first-order valence-corrected chi connectivity index (χ1v) is 13.2. The van der Waals surface area contributed by atoms with Crippen LogP contribution in [0.5, 0.6) is 0 Å². The second-order valence-electron chi connectivity index (χ2n) is 9.18. The van der Waals surface area contributed by atoms with E-state index in [1.165, 1.54) is 37.8 Å². The topological polar surface area (TPSA) is 61.7 Å². The molecule has 2 aromatic heterocycles. The van der Waals surface area contributed by atoms with Gasteiger partial charge in [-0.05, 0) is 25.0 Å². The third kappa shape index (κ3) is 5.51. The van der Waals surface area contributed by atoms with Crippen LogP contribution in [0.3, 0.4) is 0 Å². The number of morpholine rings is 1. The monoisotopic (exact) mass is 459 g/mol. The normalized spacial score (nSPS) is 21.9. The van der Waals surface area contributed by atoms with Crippen LogP contribution in [0, 0.1) is 0 Å². The van der Waals surface area contributed by atoms with Crippen molar-refractivity contribution in [1.29, 1.82) is 0 Å². The lowest BCUT2D eigenvalue weighted by atomic mass is 9.94. The van der Waals surface area contributed by atoms with Crippen molar-refractivity contribution in [2.75, 3.05) is 70.5 Å². The maximum Gasteiger partial charge on any atom is 0.218 e. The molecule has 4 heterocycles. The minimum atomic E-state index is 0.814. The fraction of sp³-hybridized carbons (Fsp3) is 0.739. The van der Waals surface area contributed by atoms with Crippen LogP contribution >= 0.6 is 11.3 Å². The van der Waals surface area contributed by atoms with Gasteiger partial charge >= 0.3 is 0 Å². The number of anilines is 1. The molecule has 0 spiro atoms. The van der Waals surface area contributed by atoms with E-state index in [2.05, 4.69) is 53.1 Å². The first kappa shape index (κ1) is 22.3. The first-order chi connectivity index (χ1) is 15.9. The van der Waals surface area contributed by atoms with Crippen LogP contribution < -0.4 is 10.2 Å². The van der Waals surface area contributed by atoms with E-state index in [1.54, 1.807) is 11.3 Å². The first-order valence-electron chi connectivity index (χ1n) is 12.4. The molecule has 2 saturated heterocycles. The molecule has 0 aromatic carbocycles. The Balaban J connectivity index is 1.11. The lowest BCUT2D eigenvalue weighted by molar-refractivity contribution is 0.0384. The Hall–Kier alpha value is -1.52. The molecular weight excluding hydrogens is 422 g/mol. The smallest absolute Gasteiger partial charge is 0.218 e. The van der Waals surface area contributed by atoms with Crippen LogP contribution in [0.4, 0.5) is 5.13 Å². The van der Waals surface area contributed by atoms with Crippen LogP contribution in [0.2, 0.25) is 0 Å². The number of aromatic nitrogens is 3. The van der Waals surface area contributed by atoms with E-state index in [-0.39, 0.29) is 0 Å². The third-order valence-electron chi connectivity index (χ3n) is 7.13. The Morgan fingerprint density at radius 3 is 2.56 bits per heavy atom. The maximum absolute atomic E-state index is 5.43. The van der Waals surface area contributed by atoms with Crippen LogP contribution in [-0.2, 0) is 11.3 Å². The summed E-state index contributed by atoms with van der Waals surface area (Å²) in [6.45, 7) is 11.1. The summed E-state index contributed by atoms with van der Waals surface area (Å²) in [6, 6.07) is 5.09. The standard InChI is InChI=1S/C23H37N7OS/c1-2-5-20(6-3-1)28-11-13-29(14-12-28)22-25-26-23(32-22)30-9-4-7-21(30)19-24-8-10-27-15-17-31-18-16-27/h4,7,9,20,24H,1-3,5-6,8,10-19H2. The van der Waals surface area contributed by atoms with Crippen molar-refractivity contribution in [2.45, 2.75) is 44.7 Å². The van der Waals surface area contributed by atoms with Gasteiger partial charge in [-0.1, -0.05) is 30.6 Å².